The van der Waals surface area contributed by atoms with E-state index in [1.807, 2.05) is 30.6 Å². The summed E-state index contributed by atoms with van der Waals surface area (Å²) in [4.78, 5) is 16.5. The lowest BCUT2D eigenvalue weighted by molar-refractivity contribution is 0.0600. The molecular formula is C36H40N2O2. The van der Waals surface area contributed by atoms with Crippen LogP contribution in [0.2, 0.25) is 0 Å². The number of pyridine rings is 1. The summed E-state index contributed by atoms with van der Waals surface area (Å²) in [7, 11) is 1.42. The van der Waals surface area contributed by atoms with Crippen LogP contribution in [0.4, 0.5) is 0 Å². The van der Waals surface area contributed by atoms with Crippen molar-refractivity contribution in [1.29, 1.82) is 0 Å². The van der Waals surface area contributed by atoms with Crippen LogP contribution in [-0.4, -0.2) is 22.6 Å². The van der Waals surface area contributed by atoms with Crippen molar-refractivity contribution in [2.24, 2.45) is 0 Å². The number of hydrogen-bond donors (Lipinski definition) is 0. The zero-order chi connectivity index (χ0) is 28.4. The maximum atomic E-state index is 12.1. The van der Waals surface area contributed by atoms with Gasteiger partial charge in [0.25, 0.3) is 0 Å². The van der Waals surface area contributed by atoms with Gasteiger partial charge in [-0.15, -0.1) is 0 Å². The molecular weight excluding hydrogens is 492 g/mol. The van der Waals surface area contributed by atoms with Gasteiger partial charge in [-0.1, -0.05) is 65.8 Å². The highest BCUT2D eigenvalue weighted by atomic mass is 16.5. The van der Waals surface area contributed by atoms with Crippen molar-refractivity contribution in [3.05, 3.63) is 101 Å². The molecule has 0 spiro atoms. The second-order valence-corrected chi connectivity index (χ2v) is 13.7. The Morgan fingerprint density at radius 1 is 0.875 bits per heavy atom. The maximum Gasteiger partial charge on any atom is 0.337 e. The van der Waals surface area contributed by atoms with Gasteiger partial charge in [-0.05, 0) is 93.2 Å². The average Bonchev–Trinajstić information content (AvgIpc) is 3.28. The maximum absolute atomic E-state index is 12.1. The Balaban J connectivity index is 1.60. The number of methoxy groups -OCH3 is 1. The number of carbonyl (C=O) groups is 1. The first kappa shape index (κ1) is 26.6. The number of fused-ring (bicyclic) bond motifs is 4. The molecule has 206 valence electrons. The summed E-state index contributed by atoms with van der Waals surface area (Å²) >= 11 is 0. The monoisotopic (exact) mass is 532 g/mol. The third kappa shape index (κ3) is 4.29. The summed E-state index contributed by atoms with van der Waals surface area (Å²) in [5, 5.41) is 0. The van der Waals surface area contributed by atoms with Crippen LogP contribution in [0, 0.1) is 0 Å². The molecule has 4 aromatic rings. The van der Waals surface area contributed by atoms with Crippen LogP contribution < -0.4 is 0 Å². The Labute approximate surface area is 238 Å². The van der Waals surface area contributed by atoms with Gasteiger partial charge in [0.2, 0.25) is 0 Å². The van der Waals surface area contributed by atoms with Crippen molar-refractivity contribution in [1.82, 2.24) is 9.55 Å². The molecule has 2 aliphatic carbocycles. The summed E-state index contributed by atoms with van der Waals surface area (Å²) in [6.07, 6.45) is 9.45. The Hall–Kier alpha value is -3.66. The van der Waals surface area contributed by atoms with E-state index in [9.17, 15) is 4.79 Å². The molecule has 0 N–H and O–H groups in total. The van der Waals surface area contributed by atoms with Crippen molar-refractivity contribution in [3.8, 4) is 22.4 Å². The third-order valence-corrected chi connectivity index (χ3v) is 9.47. The molecule has 40 heavy (non-hydrogen) atoms. The standard InChI is InChI=1S/C36H40N2O2/c1-34(2)14-15-35(3,4)31-18-29-26(17-30(31)34)32-27(19-36(29,5)6)28(22-38(32)21-23-9-8-16-37-20-23)24-10-12-25(13-11-24)33(39)40-7/h8-13,16-18,20,22H,14-15,19,21H2,1-7H3. The summed E-state index contributed by atoms with van der Waals surface area (Å²) in [5.41, 5.74) is 12.9. The second-order valence-electron chi connectivity index (χ2n) is 13.7. The van der Waals surface area contributed by atoms with Gasteiger partial charge < -0.3 is 9.30 Å². The molecule has 0 fully saturated rings. The molecule has 0 saturated carbocycles. The van der Waals surface area contributed by atoms with Gasteiger partial charge in [-0.25, -0.2) is 4.79 Å². The van der Waals surface area contributed by atoms with Crippen molar-refractivity contribution in [3.63, 3.8) is 0 Å². The minimum absolute atomic E-state index is 0.0176. The first-order chi connectivity index (χ1) is 18.9. The molecule has 0 aliphatic heterocycles. The number of hydrogen-bond acceptors (Lipinski definition) is 3. The lowest BCUT2D eigenvalue weighted by Gasteiger charge is -2.44. The minimum Gasteiger partial charge on any atom is -0.465 e. The van der Waals surface area contributed by atoms with E-state index in [4.69, 9.17) is 4.74 Å². The molecule has 4 heteroatoms. The summed E-state index contributed by atoms with van der Waals surface area (Å²) in [6.45, 7) is 15.2. The zero-order valence-electron chi connectivity index (χ0n) is 24.9. The number of nitrogens with zero attached hydrogens (tertiary/aromatic N) is 2. The van der Waals surface area contributed by atoms with Crippen LogP contribution >= 0.6 is 0 Å². The molecule has 4 nitrogen and oxygen atoms in total. The normalized spacial score (nSPS) is 17.9. The van der Waals surface area contributed by atoms with Crippen LogP contribution in [0.5, 0.6) is 0 Å². The number of aromatic nitrogens is 2. The third-order valence-electron chi connectivity index (χ3n) is 9.47. The topological polar surface area (TPSA) is 44.1 Å². The molecule has 0 radical (unpaired) electrons. The van der Waals surface area contributed by atoms with E-state index in [0.29, 0.717) is 5.56 Å². The molecule has 0 bridgehead atoms. The van der Waals surface area contributed by atoms with E-state index in [2.05, 4.69) is 87.6 Å². The lowest BCUT2D eigenvalue weighted by Crippen LogP contribution is -2.36. The van der Waals surface area contributed by atoms with Gasteiger partial charge >= 0.3 is 5.97 Å². The fraction of sp³-hybridized carbons (Fsp3) is 0.389. The van der Waals surface area contributed by atoms with Gasteiger partial charge in [-0.3, -0.25) is 4.98 Å². The Bertz CT molecular complexity index is 1600. The van der Waals surface area contributed by atoms with E-state index in [0.717, 1.165) is 18.5 Å². The Morgan fingerprint density at radius 3 is 2.17 bits per heavy atom. The largest absolute Gasteiger partial charge is 0.465 e. The van der Waals surface area contributed by atoms with E-state index >= 15 is 0 Å². The summed E-state index contributed by atoms with van der Waals surface area (Å²) in [5.74, 6) is -0.312. The van der Waals surface area contributed by atoms with Crippen LogP contribution in [0.25, 0.3) is 22.4 Å². The molecule has 2 aromatic heterocycles. The molecule has 0 amide bonds. The van der Waals surface area contributed by atoms with Gasteiger partial charge in [-0.2, -0.15) is 0 Å². The predicted octanol–water partition coefficient (Wildman–Crippen LogP) is 8.23. The number of benzene rings is 2. The van der Waals surface area contributed by atoms with Crippen molar-refractivity contribution < 1.29 is 9.53 Å². The molecule has 0 unspecified atom stereocenters. The number of ether oxygens (including phenoxy) is 1. The number of esters is 1. The highest BCUT2D eigenvalue weighted by Gasteiger charge is 2.42. The zero-order valence-corrected chi connectivity index (χ0v) is 24.9. The Kier molecular flexibility index (Phi) is 6.10. The number of rotatable bonds is 4. The van der Waals surface area contributed by atoms with E-state index in [1.54, 1.807) is 0 Å². The highest BCUT2D eigenvalue weighted by Crippen LogP contribution is 2.53. The molecule has 2 aromatic carbocycles. The van der Waals surface area contributed by atoms with Crippen molar-refractivity contribution in [2.45, 2.75) is 83.6 Å². The van der Waals surface area contributed by atoms with Gasteiger partial charge in [0.05, 0.1) is 18.4 Å². The van der Waals surface area contributed by atoms with Crippen LogP contribution in [0.1, 0.15) is 92.6 Å². The number of carbonyl (C=O) groups excluding carboxylic acids is 1. The molecule has 0 atom stereocenters. The quantitative estimate of drug-likeness (QED) is 0.249. The Morgan fingerprint density at radius 2 is 1.55 bits per heavy atom. The predicted molar refractivity (Wildman–Crippen MR) is 162 cm³/mol. The first-order valence-electron chi connectivity index (χ1n) is 14.4. The van der Waals surface area contributed by atoms with Crippen molar-refractivity contribution >= 4 is 5.97 Å². The first-order valence-corrected chi connectivity index (χ1v) is 14.4. The van der Waals surface area contributed by atoms with Crippen LogP contribution in [0.15, 0.2) is 67.1 Å². The van der Waals surface area contributed by atoms with E-state index in [-0.39, 0.29) is 22.2 Å². The molecule has 0 saturated heterocycles. The van der Waals surface area contributed by atoms with Gasteiger partial charge in [0, 0.05) is 36.3 Å². The molecule has 2 heterocycles. The lowest BCUT2D eigenvalue weighted by atomic mass is 9.60. The fourth-order valence-corrected chi connectivity index (χ4v) is 6.97. The van der Waals surface area contributed by atoms with E-state index in [1.165, 1.54) is 64.6 Å². The fourth-order valence-electron chi connectivity index (χ4n) is 6.97. The van der Waals surface area contributed by atoms with Crippen LogP contribution in [-0.2, 0) is 33.9 Å². The smallest absolute Gasteiger partial charge is 0.337 e. The average molecular weight is 533 g/mol. The van der Waals surface area contributed by atoms with Crippen molar-refractivity contribution in [2.75, 3.05) is 7.11 Å². The van der Waals surface area contributed by atoms with Gasteiger partial charge in [0.1, 0.15) is 0 Å². The highest BCUT2D eigenvalue weighted by molar-refractivity contribution is 5.90. The molecule has 2 aliphatic rings. The second kappa shape index (κ2) is 9.19. The van der Waals surface area contributed by atoms with E-state index < -0.39 is 0 Å². The molecule has 6 rings (SSSR count). The summed E-state index contributed by atoms with van der Waals surface area (Å²) in [6, 6.07) is 17.1. The van der Waals surface area contributed by atoms with Gasteiger partial charge in [0.15, 0.2) is 0 Å². The van der Waals surface area contributed by atoms with Crippen LogP contribution in [0.3, 0.4) is 0 Å². The SMILES string of the molecule is COC(=O)c1ccc(-c2cn(Cc3cccnc3)c3c2CC(C)(C)c2cc4c(cc2-3)C(C)(C)CCC4(C)C)cc1. The minimum atomic E-state index is -0.312. The summed E-state index contributed by atoms with van der Waals surface area (Å²) < 4.78 is 7.36.